The van der Waals surface area contributed by atoms with Gasteiger partial charge in [0.25, 0.3) is 0 Å². The van der Waals surface area contributed by atoms with Crippen LogP contribution >= 0.6 is 23.2 Å². The summed E-state index contributed by atoms with van der Waals surface area (Å²) in [5.74, 6) is -1.67. The van der Waals surface area contributed by atoms with E-state index in [1.54, 1.807) is 19.1 Å². The van der Waals surface area contributed by atoms with Gasteiger partial charge in [0.15, 0.2) is 0 Å². The van der Waals surface area contributed by atoms with Crippen LogP contribution in [0.2, 0.25) is 10.0 Å². The average molecular weight is 305 g/mol. The van der Waals surface area contributed by atoms with E-state index in [4.69, 9.17) is 28.3 Å². The molecule has 3 N–H and O–H groups in total. The number of nitrogens with one attached hydrogen (secondary N) is 2. The molecular weight excluding hydrogens is 291 g/mol. The molecule has 0 aliphatic carbocycles. The average Bonchev–Trinajstić information content (AvgIpc) is 2.32. The number of anilines is 1. The van der Waals surface area contributed by atoms with Crippen molar-refractivity contribution in [2.75, 3.05) is 5.32 Å². The van der Waals surface area contributed by atoms with Crippen molar-refractivity contribution in [2.45, 2.75) is 19.9 Å². The van der Waals surface area contributed by atoms with Crippen LogP contribution in [0, 0.1) is 5.92 Å². The fourth-order valence-corrected chi connectivity index (χ4v) is 1.63. The number of halogens is 2. The summed E-state index contributed by atoms with van der Waals surface area (Å²) in [6.45, 7) is 3.12. The lowest BCUT2D eigenvalue weighted by atomic mass is 10.0. The number of carboxylic acid groups (broad SMARTS) is 1. The normalized spacial score (nSPS) is 13.5. The molecule has 7 heteroatoms. The maximum Gasteiger partial charge on any atom is 0.319 e. The molecule has 0 saturated carbocycles. The summed E-state index contributed by atoms with van der Waals surface area (Å²) in [4.78, 5) is 22.5. The fraction of sp³-hybridized carbons (Fsp3) is 0.333. The van der Waals surface area contributed by atoms with Crippen LogP contribution in [0.3, 0.4) is 0 Å². The Balaban J connectivity index is 2.65. The third-order valence-corrected chi connectivity index (χ3v) is 3.24. The van der Waals surface area contributed by atoms with Gasteiger partial charge in [0.05, 0.1) is 16.6 Å². The quantitative estimate of drug-likeness (QED) is 0.799. The number of benzene rings is 1. The van der Waals surface area contributed by atoms with Gasteiger partial charge in [-0.05, 0) is 32.0 Å². The predicted molar refractivity (Wildman–Crippen MR) is 74.9 cm³/mol. The summed E-state index contributed by atoms with van der Waals surface area (Å²) in [6, 6.07) is 3.61. The Morgan fingerprint density at radius 1 is 1.26 bits per heavy atom. The molecule has 19 heavy (non-hydrogen) atoms. The Hall–Kier alpha value is -1.46. The second kappa shape index (κ2) is 6.63. The molecule has 0 saturated heterocycles. The topological polar surface area (TPSA) is 78.4 Å². The molecule has 1 aromatic rings. The van der Waals surface area contributed by atoms with Crippen molar-refractivity contribution in [3.05, 3.63) is 28.2 Å². The predicted octanol–water partition coefficient (Wildman–Crippen LogP) is 3.22. The van der Waals surface area contributed by atoms with E-state index >= 15 is 0 Å². The first-order chi connectivity index (χ1) is 8.81. The zero-order valence-electron chi connectivity index (χ0n) is 10.4. The highest BCUT2D eigenvalue weighted by Gasteiger charge is 2.21. The van der Waals surface area contributed by atoms with Gasteiger partial charge < -0.3 is 15.7 Å². The van der Waals surface area contributed by atoms with Crippen molar-refractivity contribution in [3.63, 3.8) is 0 Å². The largest absolute Gasteiger partial charge is 0.481 e. The molecular formula is C12H14Cl2N2O3. The van der Waals surface area contributed by atoms with Crippen molar-refractivity contribution in [2.24, 2.45) is 5.92 Å². The van der Waals surface area contributed by atoms with Gasteiger partial charge in [0.2, 0.25) is 0 Å². The standard InChI is InChI=1S/C12H14Cl2N2O3/c1-6(11(17)18)7(2)15-12(19)16-10-5-8(13)3-4-9(10)14/h3-7H,1-2H3,(H,17,18)(H2,15,16,19). The maximum absolute atomic E-state index is 11.7. The minimum atomic E-state index is -0.978. The number of hydrogen-bond acceptors (Lipinski definition) is 2. The van der Waals surface area contributed by atoms with Crippen molar-refractivity contribution >= 4 is 40.9 Å². The van der Waals surface area contributed by atoms with Crippen molar-refractivity contribution < 1.29 is 14.7 Å². The van der Waals surface area contributed by atoms with Crippen molar-refractivity contribution in [3.8, 4) is 0 Å². The lowest BCUT2D eigenvalue weighted by Gasteiger charge is -2.18. The highest BCUT2D eigenvalue weighted by molar-refractivity contribution is 6.35. The number of rotatable bonds is 4. The molecule has 0 bridgehead atoms. The Morgan fingerprint density at radius 3 is 2.47 bits per heavy atom. The first-order valence-electron chi connectivity index (χ1n) is 5.56. The maximum atomic E-state index is 11.7. The number of aliphatic carboxylic acids is 1. The van der Waals surface area contributed by atoms with Crippen LogP contribution in [0.4, 0.5) is 10.5 Å². The van der Waals surface area contributed by atoms with Gasteiger partial charge in [0.1, 0.15) is 0 Å². The van der Waals surface area contributed by atoms with Gasteiger partial charge in [0, 0.05) is 11.1 Å². The molecule has 0 aliphatic heterocycles. The number of carboxylic acids is 1. The van der Waals surface area contributed by atoms with Crippen molar-refractivity contribution in [1.82, 2.24) is 5.32 Å². The second-order valence-corrected chi connectivity index (χ2v) is 4.98. The summed E-state index contributed by atoms with van der Waals surface area (Å²) in [6.07, 6.45) is 0. The van der Waals surface area contributed by atoms with E-state index < -0.39 is 24.0 Å². The first-order valence-corrected chi connectivity index (χ1v) is 6.32. The van der Waals surface area contributed by atoms with Crippen LogP contribution in [0.15, 0.2) is 18.2 Å². The molecule has 1 aromatic carbocycles. The van der Waals surface area contributed by atoms with E-state index in [-0.39, 0.29) is 0 Å². The van der Waals surface area contributed by atoms with E-state index in [0.717, 1.165) is 0 Å². The summed E-state index contributed by atoms with van der Waals surface area (Å²) >= 11 is 11.7. The Kier molecular flexibility index (Phi) is 5.44. The molecule has 5 nitrogen and oxygen atoms in total. The van der Waals surface area contributed by atoms with Crippen LogP contribution in [0.25, 0.3) is 0 Å². The molecule has 2 amide bonds. The summed E-state index contributed by atoms with van der Waals surface area (Å²) < 4.78 is 0. The van der Waals surface area contributed by atoms with Gasteiger partial charge in [-0.3, -0.25) is 4.79 Å². The third-order valence-electron chi connectivity index (χ3n) is 2.67. The van der Waals surface area contributed by atoms with Crippen LogP contribution in [0.1, 0.15) is 13.8 Å². The van der Waals surface area contributed by atoms with E-state index in [1.165, 1.54) is 13.0 Å². The highest BCUT2D eigenvalue weighted by Crippen LogP contribution is 2.25. The summed E-state index contributed by atoms with van der Waals surface area (Å²) in [5.41, 5.74) is 0.363. The molecule has 2 atom stereocenters. The Morgan fingerprint density at radius 2 is 1.89 bits per heavy atom. The van der Waals surface area contributed by atoms with E-state index in [2.05, 4.69) is 10.6 Å². The van der Waals surface area contributed by atoms with Crippen LogP contribution in [-0.4, -0.2) is 23.1 Å². The molecule has 0 spiro atoms. The van der Waals surface area contributed by atoms with Gasteiger partial charge >= 0.3 is 12.0 Å². The molecule has 104 valence electrons. The SMILES string of the molecule is CC(NC(=O)Nc1cc(Cl)ccc1Cl)C(C)C(=O)O. The van der Waals surface area contributed by atoms with Gasteiger partial charge in [-0.15, -0.1) is 0 Å². The number of amides is 2. The minimum Gasteiger partial charge on any atom is -0.481 e. The molecule has 0 aromatic heterocycles. The summed E-state index contributed by atoms with van der Waals surface area (Å²) in [5, 5.41) is 14.6. The Labute approximate surface area is 120 Å². The van der Waals surface area contributed by atoms with Gasteiger partial charge in [-0.25, -0.2) is 4.79 Å². The smallest absolute Gasteiger partial charge is 0.319 e. The molecule has 0 heterocycles. The van der Waals surface area contributed by atoms with Gasteiger partial charge in [-0.1, -0.05) is 23.2 Å². The summed E-state index contributed by atoms with van der Waals surface area (Å²) in [7, 11) is 0. The fourth-order valence-electron chi connectivity index (χ4n) is 1.30. The van der Waals surface area contributed by atoms with Crippen molar-refractivity contribution in [1.29, 1.82) is 0 Å². The minimum absolute atomic E-state index is 0.346. The molecule has 1 rings (SSSR count). The number of hydrogen-bond donors (Lipinski definition) is 3. The zero-order valence-corrected chi connectivity index (χ0v) is 11.9. The molecule has 0 aliphatic rings. The number of carbonyl (C=O) groups is 2. The lowest BCUT2D eigenvalue weighted by molar-refractivity contribution is -0.141. The lowest BCUT2D eigenvalue weighted by Crippen LogP contribution is -2.42. The van der Waals surface area contributed by atoms with Gasteiger partial charge in [-0.2, -0.15) is 0 Å². The van der Waals surface area contributed by atoms with Crippen LogP contribution in [0.5, 0.6) is 0 Å². The zero-order chi connectivity index (χ0) is 14.6. The van der Waals surface area contributed by atoms with E-state index in [0.29, 0.717) is 15.7 Å². The first kappa shape index (κ1) is 15.6. The highest BCUT2D eigenvalue weighted by atomic mass is 35.5. The van der Waals surface area contributed by atoms with E-state index in [1.807, 2.05) is 0 Å². The third kappa shape index (κ3) is 4.61. The number of carbonyl (C=O) groups excluding carboxylic acids is 1. The Bertz CT molecular complexity index is 494. The molecule has 0 radical (unpaired) electrons. The molecule has 2 unspecified atom stereocenters. The van der Waals surface area contributed by atoms with Crippen LogP contribution in [-0.2, 0) is 4.79 Å². The molecule has 0 fully saturated rings. The van der Waals surface area contributed by atoms with Crippen LogP contribution < -0.4 is 10.6 Å². The monoisotopic (exact) mass is 304 g/mol. The second-order valence-electron chi connectivity index (χ2n) is 4.14. The number of urea groups is 1. The van der Waals surface area contributed by atoms with E-state index in [9.17, 15) is 9.59 Å².